The number of carbonyl (C=O) groups excluding carboxylic acids is 2. The second-order valence-corrected chi connectivity index (χ2v) is 5.89. The number of anilines is 1. The minimum atomic E-state index is -0.412. The molecule has 0 aliphatic carbocycles. The first-order chi connectivity index (χ1) is 12.1. The molecule has 0 aromatic heterocycles. The number of carbonyl (C=O) groups is 2. The average molecular weight is 342 g/mol. The van der Waals surface area contributed by atoms with Gasteiger partial charge in [-0.05, 0) is 36.2 Å². The van der Waals surface area contributed by atoms with Gasteiger partial charge in [0.05, 0.1) is 13.1 Å². The Kier molecular flexibility index (Phi) is 5.28. The van der Waals surface area contributed by atoms with Gasteiger partial charge in [0.15, 0.2) is 0 Å². The number of para-hydroxylation sites is 1. The first-order valence-electron chi connectivity index (χ1n) is 8.16. The van der Waals surface area contributed by atoms with E-state index >= 15 is 0 Å². The molecule has 1 heterocycles. The van der Waals surface area contributed by atoms with E-state index in [1.807, 2.05) is 30.3 Å². The third-order valence-corrected chi connectivity index (χ3v) is 4.00. The zero-order chi connectivity index (χ0) is 17.6. The van der Waals surface area contributed by atoms with Crippen LogP contribution in [-0.2, 0) is 16.0 Å². The van der Waals surface area contributed by atoms with Gasteiger partial charge in [-0.1, -0.05) is 30.3 Å². The molecule has 1 atom stereocenters. The molecule has 1 fully saturated rings. The Bertz CT molecular complexity index is 751. The molecule has 1 saturated heterocycles. The molecule has 130 valence electrons. The number of hydrogen-bond acceptors (Lipinski definition) is 3. The number of nitrogens with zero attached hydrogens (tertiary/aromatic N) is 1. The maximum atomic E-state index is 13.1. The monoisotopic (exact) mass is 342 g/mol. The fraction of sp³-hybridized carbons (Fsp3) is 0.263. The Morgan fingerprint density at radius 2 is 2.00 bits per heavy atom. The minimum Gasteiger partial charge on any atom is -0.442 e. The molecule has 1 unspecified atom stereocenters. The molecule has 2 aromatic carbocycles. The predicted octanol–water partition coefficient (Wildman–Crippen LogP) is 2.90. The number of amides is 2. The maximum Gasteiger partial charge on any atom is 0.414 e. The number of aryl methyl sites for hydroxylation is 1. The highest BCUT2D eigenvalue weighted by Gasteiger charge is 2.32. The summed E-state index contributed by atoms with van der Waals surface area (Å²) in [5.74, 6) is -0.463. The van der Waals surface area contributed by atoms with Gasteiger partial charge in [0.2, 0.25) is 5.91 Å². The normalized spacial score (nSPS) is 16.6. The number of rotatable bonds is 6. The van der Waals surface area contributed by atoms with Crippen LogP contribution in [0.5, 0.6) is 0 Å². The van der Waals surface area contributed by atoms with Crippen LogP contribution in [0.4, 0.5) is 14.9 Å². The number of hydrogen-bond donors (Lipinski definition) is 1. The van der Waals surface area contributed by atoms with Gasteiger partial charge in [0.25, 0.3) is 0 Å². The topological polar surface area (TPSA) is 58.6 Å². The zero-order valence-corrected chi connectivity index (χ0v) is 13.7. The van der Waals surface area contributed by atoms with Crippen LogP contribution < -0.4 is 10.2 Å². The van der Waals surface area contributed by atoms with E-state index in [0.29, 0.717) is 13.0 Å². The van der Waals surface area contributed by atoms with Crippen molar-refractivity contribution in [3.63, 3.8) is 0 Å². The average Bonchev–Trinajstić information content (AvgIpc) is 3.00. The number of cyclic esters (lactones) is 1. The lowest BCUT2D eigenvalue weighted by molar-refractivity contribution is -0.121. The Hall–Kier alpha value is -2.89. The van der Waals surface area contributed by atoms with E-state index in [1.165, 1.54) is 12.1 Å². The van der Waals surface area contributed by atoms with Crippen molar-refractivity contribution in [1.29, 1.82) is 0 Å². The molecule has 0 spiro atoms. The fourth-order valence-corrected chi connectivity index (χ4v) is 2.71. The van der Waals surface area contributed by atoms with Crippen LogP contribution in [0, 0.1) is 5.82 Å². The zero-order valence-electron chi connectivity index (χ0n) is 13.7. The van der Waals surface area contributed by atoms with Crippen molar-refractivity contribution in [3.8, 4) is 0 Å². The Labute approximate surface area is 145 Å². The first-order valence-corrected chi connectivity index (χ1v) is 8.16. The standard InChI is InChI=1S/C19H19FN2O3/c20-15-6-4-5-14(11-15)9-10-18(23)21-12-17-13-22(19(24)25-17)16-7-2-1-3-8-16/h1-8,11,17H,9-10,12-13H2,(H,21,23). The number of benzene rings is 2. The van der Waals surface area contributed by atoms with Crippen LogP contribution in [0.3, 0.4) is 0 Å². The third-order valence-electron chi connectivity index (χ3n) is 4.00. The molecule has 2 amide bonds. The Morgan fingerprint density at radius 3 is 2.76 bits per heavy atom. The van der Waals surface area contributed by atoms with E-state index in [-0.39, 0.29) is 30.8 Å². The van der Waals surface area contributed by atoms with Crippen molar-refractivity contribution >= 4 is 17.7 Å². The van der Waals surface area contributed by atoms with E-state index in [9.17, 15) is 14.0 Å². The first kappa shape index (κ1) is 17.0. The van der Waals surface area contributed by atoms with E-state index in [1.54, 1.807) is 17.0 Å². The van der Waals surface area contributed by atoms with Gasteiger partial charge in [0.1, 0.15) is 11.9 Å². The van der Waals surface area contributed by atoms with Gasteiger partial charge in [-0.2, -0.15) is 0 Å². The van der Waals surface area contributed by atoms with Crippen LogP contribution in [0.25, 0.3) is 0 Å². The van der Waals surface area contributed by atoms with Crippen molar-refractivity contribution in [2.24, 2.45) is 0 Å². The van der Waals surface area contributed by atoms with Crippen molar-refractivity contribution in [2.75, 3.05) is 18.0 Å². The predicted molar refractivity (Wildman–Crippen MR) is 91.8 cm³/mol. The number of ether oxygens (including phenoxy) is 1. The highest BCUT2D eigenvalue weighted by molar-refractivity contribution is 5.89. The van der Waals surface area contributed by atoms with Gasteiger partial charge in [-0.25, -0.2) is 9.18 Å². The quantitative estimate of drug-likeness (QED) is 0.878. The van der Waals surface area contributed by atoms with Crippen molar-refractivity contribution in [3.05, 3.63) is 66.0 Å². The van der Waals surface area contributed by atoms with Crippen molar-refractivity contribution in [1.82, 2.24) is 5.32 Å². The molecule has 1 N–H and O–H groups in total. The second-order valence-electron chi connectivity index (χ2n) is 5.89. The second kappa shape index (κ2) is 7.79. The number of halogens is 1. The molecule has 2 aromatic rings. The molecule has 0 bridgehead atoms. The largest absolute Gasteiger partial charge is 0.442 e. The molecule has 3 rings (SSSR count). The SMILES string of the molecule is O=C(CCc1cccc(F)c1)NCC1CN(c2ccccc2)C(=O)O1. The van der Waals surface area contributed by atoms with Crippen LogP contribution >= 0.6 is 0 Å². The Morgan fingerprint density at radius 1 is 1.20 bits per heavy atom. The summed E-state index contributed by atoms with van der Waals surface area (Å²) < 4.78 is 18.4. The smallest absolute Gasteiger partial charge is 0.414 e. The lowest BCUT2D eigenvalue weighted by Crippen LogP contribution is -2.34. The van der Waals surface area contributed by atoms with E-state index in [2.05, 4.69) is 5.32 Å². The molecule has 1 aliphatic rings. The molecule has 6 heteroatoms. The van der Waals surface area contributed by atoms with Gasteiger partial charge in [-0.15, -0.1) is 0 Å². The molecule has 0 radical (unpaired) electrons. The van der Waals surface area contributed by atoms with Crippen molar-refractivity contribution in [2.45, 2.75) is 18.9 Å². The maximum absolute atomic E-state index is 13.1. The highest BCUT2D eigenvalue weighted by Crippen LogP contribution is 2.20. The van der Waals surface area contributed by atoms with Crippen LogP contribution in [0.15, 0.2) is 54.6 Å². The summed E-state index contributed by atoms with van der Waals surface area (Å²) in [7, 11) is 0. The highest BCUT2D eigenvalue weighted by atomic mass is 19.1. The lowest BCUT2D eigenvalue weighted by atomic mass is 10.1. The summed E-state index contributed by atoms with van der Waals surface area (Å²) in [5, 5.41) is 2.77. The Balaban J connectivity index is 1.44. The van der Waals surface area contributed by atoms with Crippen LogP contribution in [-0.4, -0.2) is 31.2 Å². The van der Waals surface area contributed by atoms with Gasteiger partial charge < -0.3 is 10.1 Å². The molecule has 1 aliphatic heterocycles. The van der Waals surface area contributed by atoms with Gasteiger partial charge in [-0.3, -0.25) is 9.69 Å². The van der Waals surface area contributed by atoms with E-state index < -0.39 is 6.09 Å². The molecule has 25 heavy (non-hydrogen) atoms. The van der Waals surface area contributed by atoms with Crippen LogP contribution in [0.1, 0.15) is 12.0 Å². The summed E-state index contributed by atoms with van der Waals surface area (Å²) in [6, 6.07) is 15.4. The molecular weight excluding hydrogens is 323 g/mol. The lowest BCUT2D eigenvalue weighted by Gasteiger charge is -2.12. The fourth-order valence-electron chi connectivity index (χ4n) is 2.71. The van der Waals surface area contributed by atoms with Crippen LogP contribution in [0.2, 0.25) is 0 Å². The van der Waals surface area contributed by atoms with E-state index in [4.69, 9.17) is 4.74 Å². The summed E-state index contributed by atoms with van der Waals surface area (Å²) >= 11 is 0. The summed E-state index contributed by atoms with van der Waals surface area (Å²) in [4.78, 5) is 25.4. The van der Waals surface area contributed by atoms with E-state index in [0.717, 1.165) is 11.3 Å². The van der Waals surface area contributed by atoms with Gasteiger partial charge >= 0.3 is 6.09 Å². The molecular formula is C19H19FN2O3. The third kappa shape index (κ3) is 4.56. The summed E-state index contributed by atoms with van der Waals surface area (Å²) in [6.45, 7) is 0.657. The molecule has 5 nitrogen and oxygen atoms in total. The summed E-state index contributed by atoms with van der Waals surface area (Å²) in [5.41, 5.74) is 1.55. The molecule has 0 saturated carbocycles. The van der Waals surface area contributed by atoms with Crippen molar-refractivity contribution < 1.29 is 18.7 Å². The minimum absolute atomic E-state index is 0.154. The summed E-state index contributed by atoms with van der Waals surface area (Å²) in [6.07, 6.45) is -0.0764. The number of nitrogens with one attached hydrogen (secondary N) is 1. The van der Waals surface area contributed by atoms with Gasteiger partial charge in [0, 0.05) is 12.1 Å².